The van der Waals surface area contributed by atoms with Gasteiger partial charge in [-0.25, -0.2) is 0 Å². The van der Waals surface area contributed by atoms with E-state index in [1.807, 2.05) is 0 Å². The van der Waals surface area contributed by atoms with Crippen molar-refractivity contribution in [2.45, 2.75) is 245 Å². The summed E-state index contributed by atoms with van der Waals surface area (Å²) < 4.78 is 2.39. The standard InChI is InChI=1S/C86H112Br2N2/c1-7-11-13-15-19-73-59-86(84-56-54-82(58-62(84)6)90(80-51-39-72(40-52-80)68-31-43-76(88)44-32-68)78-47-35-70(36-48-78)66-27-23-64(18-10-4)24-28-66)74(20-16-14-12-8-2)60-85(73)83-55-53-81(57-61(83)5)89(79-49-37-71(38-50-79)67-29-41-75(87)42-30-67)77-45-33-69(34-46-77)65-25-21-63(17-9-3)22-26-65/h21-23,25,27,29-31,33,35,37,39,41-47,49,51,54,57-60,65,68-69,71-73,79-81,83-85H,7-20,24,26,28,32,34,36,38,40,48,50,52-53,55-56H2,1-6H3. The van der Waals surface area contributed by atoms with Crippen molar-refractivity contribution in [3.63, 3.8) is 0 Å². The lowest BCUT2D eigenvalue weighted by molar-refractivity contribution is 0.193. The van der Waals surface area contributed by atoms with E-state index in [1.165, 1.54) is 180 Å². The summed E-state index contributed by atoms with van der Waals surface area (Å²) in [5, 5.41) is 0. The molecule has 0 aliphatic heterocycles. The van der Waals surface area contributed by atoms with Gasteiger partial charge >= 0.3 is 0 Å². The Hall–Kier alpha value is -4.64. The fourth-order valence-corrected chi connectivity index (χ4v) is 18.2. The molecule has 90 heavy (non-hydrogen) atoms. The molecule has 11 rings (SSSR count). The fourth-order valence-electron chi connectivity index (χ4n) is 17.6. The molecule has 0 saturated heterocycles. The predicted molar refractivity (Wildman–Crippen MR) is 395 cm³/mol. The molecule has 12 atom stereocenters. The molecule has 2 nitrogen and oxygen atoms in total. The van der Waals surface area contributed by atoms with Crippen molar-refractivity contribution in [3.8, 4) is 0 Å². The average Bonchev–Trinajstić information content (AvgIpc) is 0.855. The van der Waals surface area contributed by atoms with Crippen molar-refractivity contribution in [2.24, 2.45) is 47.3 Å². The summed E-state index contributed by atoms with van der Waals surface area (Å²) in [4.78, 5) is 5.71. The maximum Gasteiger partial charge on any atom is 0.0519 e. The van der Waals surface area contributed by atoms with Gasteiger partial charge in [-0.05, 0) is 235 Å². The van der Waals surface area contributed by atoms with Gasteiger partial charge in [-0.3, -0.25) is 0 Å². The van der Waals surface area contributed by atoms with Crippen LogP contribution in [0.1, 0.15) is 233 Å². The van der Waals surface area contributed by atoms with E-state index in [-0.39, 0.29) is 0 Å². The molecule has 10 aliphatic carbocycles. The quantitative estimate of drug-likeness (QED) is 0.0674. The summed E-state index contributed by atoms with van der Waals surface area (Å²) in [7, 11) is 0. The highest BCUT2D eigenvalue weighted by Crippen LogP contribution is 2.50. The minimum absolute atomic E-state index is 0.366. The molecular formula is C86H112Br2N2. The van der Waals surface area contributed by atoms with E-state index in [9.17, 15) is 0 Å². The monoisotopic (exact) mass is 1330 g/mol. The molecule has 0 fully saturated rings. The molecule has 0 N–H and O–H groups in total. The smallest absolute Gasteiger partial charge is 0.0519 e. The zero-order valence-electron chi connectivity index (χ0n) is 56.4. The van der Waals surface area contributed by atoms with Gasteiger partial charge in [0.1, 0.15) is 0 Å². The van der Waals surface area contributed by atoms with Crippen molar-refractivity contribution in [1.29, 1.82) is 0 Å². The van der Waals surface area contributed by atoms with E-state index in [0.29, 0.717) is 71.4 Å². The van der Waals surface area contributed by atoms with E-state index < -0.39 is 0 Å². The molecule has 4 heteroatoms. The van der Waals surface area contributed by atoms with Crippen molar-refractivity contribution >= 4 is 31.9 Å². The Morgan fingerprint density at radius 3 is 1.83 bits per heavy atom. The normalized spacial score (nSPS) is 30.1. The first-order valence-corrected chi connectivity index (χ1v) is 38.4. The van der Waals surface area contributed by atoms with Crippen LogP contribution in [0.4, 0.5) is 0 Å². The Morgan fingerprint density at radius 1 is 0.500 bits per heavy atom. The zero-order chi connectivity index (χ0) is 62.3. The van der Waals surface area contributed by atoms with Crippen LogP contribution in [-0.2, 0) is 0 Å². The van der Waals surface area contributed by atoms with Gasteiger partial charge in [0.2, 0.25) is 0 Å². The molecule has 0 saturated carbocycles. The Bertz CT molecular complexity index is 3190. The number of nitrogens with zero attached hydrogens (tertiary/aromatic N) is 2. The van der Waals surface area contributed by atoms with Crippen LogP contribution in [-0.4, -0.2) is 27.9 Å². The van der Waals surface area contributed by atoms with E-state index in [0.717, 1.165) is 36.6 Å². The molecule has 1 aromatic rings. The second-order valence-electron chi connectivity index (χ2n) is 29.0. The maximum atomic E-state index is 3.74. The Kier molecular flexibility index (Phi) is 24.5. The third kappa shape index (κ3) is 16.8. The molecule has 0 amide bonds. The van der Waals surface area contributed by atoms with Crippen LogP contribution in [0, 0.1) is 47.3 Å². The first-order valence-electron chi connectivity index (χ1n) is 36.8. The number of unbranched alkanes of at least 4 members (excludes halogenated alkanes) is 6. The highest BCUT2D eigenvalue weighted by molar-refractivity contribution is 9.12. The second kappa shape index (κ2) is 33.0. The van der Waals surface area contributed by atoms with Crippen molar-refractivity contribution in [2.75, 3.05) is 0 Å². The van der Waals surface area contributed by atoms with Crippen molar-refractivity contribution < 1.29 is 0 Å². The van der Waals surface area contributed by atoms with Crippen LogP contribution in [0.2, 0.25) is 0 Å². The summed E-state index contributed by atoms with van der Waals surface area (Å²) in [6.45, 7) is 14.4. The SMILES string of the molecule is CCCCCCC1=CC(C2CCC(N(C3=CCC(C4C=CC(CCC)=CC4)C=C3)C3C=CC(c4ccc(Br)cc4)CC3)C=C2C)C(CCCCCC)C=C1C1CC=C(N(C2=CC=C(C3=CC=C(CCC)CC3)CC2)C2C=CC(C3C=CC(Br)=CC3)CC2)C=C1C. The largest absolute Gasteiger partial charge is 0.359 e. The van der Waals surface area contributed by atoms with Crippen LogP contribution in [0.5, 0.6) is 0 Å². The van der Waals surface area contributed by atoms with E-state index in [4.69, 9.17) is 0 Å². The maximum absolute atomic E-state index is 3.74. The molecule has 0 aromatic heterocycles. The minimum Gasteiger partial charge on any atom is -0.359 e. The van der Waals surface area contributed by atoms with E-state index in [1.54, 1.807) is 39.0 Å². The number of benzene rings is 1. The first kappa shape index (κ1) is 66.8. The first-order chi connectivity index (χ1) is 44.1. The third-order valence-corrected chi connectivity index (χ3v) is 23.9. The minimum atomic E-state index is 0.366. The molecule has 1 aromatic carbocycles. The summed E-state index contributed by atoms with van der Waals surface area (Å²) in [5.74, 6) is 4.91. The number of hydrogen-bond donors (Lipinski definition) is 0. The molecule has 12 unspecified atom stereocenters. The molecule has 480 valence electrons. The number of allylic oxidation sites excluding steroid dienone is 29. The second-order valence-corrected chi connectivity index (χ2v) is 30.8. The summed E-state index contributed by atoms with van der Waals surface area (Å²) in [6, 6.07) is 10.2. The van der Waals surface area contributed by atoms with E-state index >= 15 is 0 Å². The number of halogens is 2. The van der Waals surface area contributed by atoms with Crippen LogP contribution in [0.25, 0.3) is 0 Å². The van der Waals surface area contributed by atoms with Crippen LogP contribution >= 0.6 is 31.9 Å². The lowest BCUT2D eigenvalue weighted by atomic mass is 9.65. The van der Waals surface area contributed by atoms with Gasteiger partial charge in [0.25, 0.3) is 0 Å². The predicted octanol–water partition coefficient (Wildman–Crippen LogP) is 25.5. The van der Waals surface area contributed by atoms with Gasteiger partial charge in [-0.15, -0.1) is 0 Å². The zero-order valence-corrected chi connectivity index (χ0v) is 59.6. The molecule has 0 spiro atoms. The Balaban J connectivity index is 0.868. The lowest BCUT2D eigenvalue weighted by Crippen LogP contribution is -2.44. The summed E-state index contributed by atoms with van der Waals surface area (Å²) >= 11 is 7.43. The van der Waals surface area contributed by atoms with Crippen molar-refractivity contribution in [3.05, 3.63) is 234 Å². The van der Waals surface area contributed by atoms with Crippen LogP contribution in [0.3, 0.4) is 0 Å². The van der Waals surface area contributed by atoms with E-state index in [2.05, 4.69) is 241 Å². The molecule has 0 bridgehead atoms. The van der Waals surface area contributed by atoms with Crippen LogP contribution < -0.4 is 0 Å². The third-order valence-electron chi connectivity index (χ3n) is 22.8. The number of hydrogen-bond acceptors (Lipinski definition) is 2. The Morgan fingerprint density at radius 2 is 1.20 bits per heavy atom. The fraction of sp³-hybridized carbons (Fsp3) is 0.535. The van der Waals surface area contributed by atoms with Gasteiger partial charge in [0.05, 0.1) is 6.04 Å². The van der Waals surface area contributed by atoms with Gasteiger partial charge in [0.15, 0.2) is 0 Å². The molecular weight excluding hydrogens is 1220 g/mol. The highest BCUT2D eigenvalue weighted by Gasteiger charge is 2.40. The molecule has 10 aliphatic rings. The van der Waals surface area contributed by atoms with Gasteiger partial charge < -0.3 is 9.80 Å². The highest BCUT2D eigenvalue weighted by atomic mass is 79.9. The number of rotatable bonds is 26. The topological polar surface area (TPSA) is 6.48 Å². The van der Waals surface area contributed by atoms with Gasteiger partial charge in [-0.2, -0.15) is 0 Å². The summed E-state index contributed by atoms with van der Waals surface area (Å²) in [5.41, 5.74) is 18.7. The van der Waals surface area contributed by atoms with Gasteiger partial charge in [-0.1, -0.05) is 267 Å². The summed E-state index contributed by atoms with van der Waals surface area (Å²) in [6.07, 6.45) is 91.0. The molecule has 0 heterocycles. The van der Waals surface area contributed by atoms with Crippen LogP contribution in [0.15, 0.2) is 229 Å². The van der Waals surface area contributed by atoms with Gasteiger partial charge in [0, 0.05) is 50.0 Å². The molecule has 0 radical (unpaired) electrons. The average molecular weight is 1330 g/mol. The Labute approximate surface area is 564 Å². The lowest BCUT2D eigenvalue weighted by Gasteiger charge is -2.46. The van der Waals surface area contributed by atoms with Crippen molar-refractivity contribution in [1.82, 2.24) is 9.80 Å².